The highest BCUT2D eigenvalue weighted by atomic mass is 16.4. The Morgan fingerprint density at radius 2 is 1.95 bits per heavy atom. The number of carboxylic acids is 1. The van der Waals surface area contributed by atoms with E-state index in [0.29, 0.717) is 12.5 Å². The molecule has 0 unspecified atom stereocenters. The van der Waals surface area contributed by atoms with Crippen LogP contribution in [0.4, 0.5) is 0 Å². The Bertz CT molecular complexity index is 608. The molecule has 2 saturated carbocycles. The molecule has 1 N–H and O–H groups in total. The fraction of sp³-hybridized carbons (Fsp3) is 0.529. The Kier molecular flexibility index (Phi) is 2.81. The van der Waals surface area contributed by atoms with Crippen molar-refractivity contribution in [3.63, 3.8) is 0 Å². The van der Waals surface area contributed by atoms with Gasteiger partial charge in [0.15, 0.2) is 6.04 Å². The van der Waals surface area contributed by atoms with E-state index < -0.39 is 12.0 Å². The van der Waals surface area contributed by atoms with E-state index in [9.17, 15) is 14.7 Å². The van der Waals surface area contributed by atoms with Crippen molar-refractivity contribution < 1.29 is 14.7 Å². The van der Waals surface area contributed by atoms with Gasteiger partial charge in [-0.05, 0) is 48.6 Å². The zero-order valence-corrected chi connectivity index (χ0v) is 11.9. The molecule has 4 heteroatoms. The van der Waals surface area contributed by atoms with Crippen LogP contribution in [-0.4, -0.2) is 28.4 Å². The quantitative estimate of drug-likeness (QED) is 0.926. The molecule has 2 aliphatic carbocycles. The van der Waals surface area contributed by atoms with E-state index in [0.717, 1.165) is 29.9 Å². The molecule has 4 nitrogen and oxygen atoms in total. The predicted molar refractivity (Wildman–Crippen MR) is 76.6 cm³/mol. The summed E-state index contributed by atoms with van der Waals surface area (Å²) in [5.74, 6) is 0.501. The van der Waals surface area contributed by atoms with Crippen molar-refractivity contribution in [2.75, 3.05) is 6.54 Å². The van der Waals surface area contributed by atoms with Gasteiger partial charge in [-0.2, -0.15) is 0 Å². The maximum Gasteiger partial charge on any atom is 0.331 e. The van der Waals surface area contributed by atoms with Crippen molar-refractivity contribution in [1.29, 1.82) is 0 Å². The first kappa shape index (κ1) is 12.9. The van der Waals surface area contributed by atoms with Gasteiger partial charge in [-0.1, -0.05) is 24.3 Å². The second kappa shape index (κ2) is 4.58. The minimum atomic E-state index is -0.917. The summed E-state index contributed by atoms with van der Waals surface area (Å²) in [6.07, 6.45) is 4.22. The number of amides is 1. The van der Waals surface area contributed by atoms with Gasteiger partial charge in [-0.25, -0.2) is 4.79 Å². The maximum atomic E-state index is 12.7. The molecule has 4 rings (SSSR count). The molecule has 0 radical (unpaired) electrons. The Balaban J connectivity index is 1.60. The molecule has 2 fully saturated rings. The molecule has 3 atom stereocenters. The number of carbonyl (C=O) groups excluding carboxylic acids is 1. The van der Waals surface area contributed by atoms with Gasteiger partial charge in [0.25, 0.3) is 0 Å². The van der Waals surface area contributed by atoms with E-state index >= 15 is 0 Å². The Morgan fingerprint density at radius 3 is 2.67 bits per heavy atom. The lowest BCUT2D eigenvalue weighted by Gasteiger charge is -2.35. The van der Waals surface area contributed by atoms with E-state index in [-0.39, 0.29) is 11.8 Å². The standard InChI is InChI=1S/C17H19NO3/c19-16(14-9-13(14)11-5-6-11)18-8-7-10-3-1-2-4-12(10)15(18)17(20)21/h1-4,11,13-15H,5-9H2,(H,20,21)/t13-,14-,15-/m0/s1. The van der Waals surface area contributed by atoms with Gasteiger partial charge in [0.1, 0.15) is 0 Å². The summed E-state index contributed by atoms with van der Waals surface area (Å²) in [5.41, 5.74) is 1.84. The van der Waals surface area contributed by atoms with Crippen molar-refractivity contribution in [2.45, 2.75) is 31.7 Å². The number of hydrogen-bond donors (Lipinski definition) is 1. The molecular weight excluding hydrogens is 266 g/mol. The van der Waals surface area contributed by atoms with Crippen LogP contribution < -0.4 is 0 Å². The average Bonchev–Trinajstić information content (AvgIpc) is 3.37. The summed E-state index contributed by atoms with van der Waals surface area (Å²) in [6.45, 7) is 0.528. The smallest absolute Gasteiger partial charge is 0.331 e. The molecule has 21 heavy (non-hydrogen) atoms. The fourth-order valence-electron chi connectivity index (χ4n) is 3.83. The van der Waals surface area contributed by atoms with Crippen LogP contribution in [0, 0.1) is 17.8 Å². The third kappa shape index (κ3) is 2.13. The number of aliphatic carboxylic acids is 1. The van der Waals surface area contributed by atoms with Gasteiger partial charge >= 0.3 is 5.97 Å². The molecule has 1 heterocycles. The first-order chi connectivity index (χ1) is 10.2. The number of carbonyl (C=O) groups is 2. The molecule has 1 aliphatic heterocycles. The van der Waals surface area contributed by atoms with Crippen LogP contribution in [0.5, 0.6) is 0 Å². The molecule has 0 spiro atoms. The van der Waals surface area contributed by atoms with Gasteiger partial charge in [0.2, 0.25) is 5.91 Å². The largest absolute Gasteiger partial charge is 0.479 e. The third-order valence-corrected chi connectivity index (χ3v) is 5.18. The van der Waals surface area contributed by atoms with Gasteiger partial charge < -0.3 is 10.0 Å². The second-order valence-corrected chi connectivity index (χ2v) is 6.56. The number of fused-ring (bicyclic) bond motifs is 1. The number of carboxylic acid groups (broad SMARTS) is 1. The Labute approximate surface area is 123 Å². The molecular formula is C17H19NO3. The maximum absolute atomic E-state index is 12.7. The highest BCUT2D eigenvalue weighted by Crippen LogP contribution is 2.55. The van der Waals surface area contributed by atoms with Crippen LogP contribution in [0.25, 0.3) is 0 Å². The zero-order valence-electron chi connectivity index (χ0n) is 11.9. The number of benzene rings is 1. The first-order valence-corrected chi connectivity index (χ1v) is 7.78. The van der Waals surface area contributed by atoms with Crippen molar-refractivity contribution >= 4 is 11.9 Å². The number of nitrogens with zero attached hydrogens (tertiary/aromatic N) is 1. The summed E-state index contributed by atoms with van der Waals surface area (Å²) in [5, 5.41) is 9.60. The van der Waals surface area contributed by atoms with E-state index in [1.165, 1.54) is 12.8 Å². The van der Waals surface area contributed by atoms with Crippen molar-refractivity contribution in [2.24, 2.45) is 17.8 Å². The van der Waals surface area contributed by atoms with E-state index in [1.807, 2.05) is 24.3 Å². The minimum Gasteiger partial charge on any atom is -0.479 e. The highest BCUT2D eigenvalue weighted by molar-refractivity contribution is 5.88. The van der Waals surface area contributed by atoms with Crippen LogP contribution in [0.3, 0.4) is 0 Å². The molecule has 110 valence electrons. The summed E-state index contributed by atoms with van der Waals surface area (Å²) in [4.78, 5) is 26.0. The SMILES string of the molecule is O=C(O)[C@@H]1c2ccccc2CCN1C(=O)[C@H]1C[C@H]1C1CC1. The van der Waals surface area contributed by atoms with Gasteiger partial charge in [-0.3, -0.25) is 4.79 Å². The molecule has 0 bridgehead atoms. The molecule has 1 aromatic rings. The lowest BCUT2D eigenvalue weighted by Crippen LogP contribution is -2.44. The van der Waals surface area contributed by atoms with E-state index in [2.05, 4.69) is 0 Å². The molecule has 0 saturated heterocycles. The third-order valence-electron chi connectivity index (χ3n) is 5.18. The van der Waals surface area contributed by atoms with Crippen LogP contribution >= 0.6 is 0 Å². The second-order valence-electron chi connectivity index (χ2n) is 6.56. The average molecular weight is 285 g/mol. The molecule has 0 aromatic heterocycles. The van der Waals surface area contributed by atoms with Gasteiger partial charge in [0, 0.05) is 12.5 Å². The minimum absolute atomic E-state index is 0.0637. The number of rotatable bonds is 3. The van der Waals surface area contributed by atoms with Gasteiger partial charge in [-0.15, -0.1) is 0 Å². The first-order valence-electron chi connectivity index (χ1n) is 7.78. The van der Waals surface area contributed by atoms with Crippen molar-refractivity contribution in [3.05, 3.63) is 35.4 Å². The summed E-state index contributed by atoms with van der Waals surface area (Å²) < 4.78 is 0. The summed E-state index contributed by atoms with van der Waals surface area (Å²) >= 11 is 0. The summed E-state index contributed by atoms with van der Waals surface area (Å²) in [7, 11) is 0. The Hall–Kier alpha value is -1.84. The monoisotopic (exact) mass is 285 g/mol. The van der Waals surface area contributed by atoms with Gasteiger partial charge in [0.05, 0.1) is 0 Å². The normalized spacial score (nSPS) is 30.7. The fourth-order valence-corrected chi connectivity index (χ4v) is 3.83. The highest BCUT2D eigenvalue weighted by Gasteiger charge is 2.53. The molecule has 3 aliphatic rings. The number of hydrogen-bond acceptors (Lipinski definition) is 2. The van der Waals surface area contributed by atoms with E-state index in [1.54, 1.807) is 4.90 Å². The lowest BCUT2D eigenvalue weighted by molar-refractivity contribution is -0.152. The topological polar surface area (TPSA) is 57.6 Å². The van der Waals surface area contributed by atoms with E-state index in [4.69, 9.17) is 0 Å². The Morgan fingerprint density at radius 1 is 1.19 bits per heavy atom. The van der Waals surface area contributed by atoms with Crippen molar-refractivity contribution in [3.8, 4) is 0 Å². The van der Waals surface area contributed by atoms with Crippen LogP contribution in [0.1, 0.15) is 36.4 Å². The lowest BCUT2D eigenvalue weighted by atomic mass is 9.92. The van der Waals surface area contributed by atoms with Crippen LogP contribution in [0.2, 0.25) is 0 Å². The summed E-state index contributed by atoms with van der Waals surface area (Å²) in [6, 6.07) is 6.80. The predicted octanol–water partition coefficient (Wildman–Crippen LogP) is 2.24. The molecule has 1 aromatic carbocycles. The van der Waals surface area contributed by atoms with Crippen molar-refractivity contribution in [1.82, 2.24) is 4.90 Å². The zero-order chi connectivity index (χ0) is 14.6. The molecule has 1 amide bonds. The van der Waals surface area contributed by atoms with Crippen LogP contribution in [-0.2, 0) is 16.0 Å². The van der Waals surface area contributed by atoms with Crippen LogP contribution in [0.15, 0.2) is 24.3 Å².